The van der Waals surface area contributed by atoms with Gasteiger partial charge in [-0.05, 0) is 0 Å². The van der Waals surface area contributed by atoms with Gasteiger partial charge in [0.05, 0.1) is 0 Å². The van der Waals surface area contributed by atoms with Crippen LogP contribution in [0.4, 0.5) is 0 Å². The average molecular weight is 248 g/mol. The van der Waals surface area contributed by atoms with Crippen LogP contribution in [0.5, 0.6) is 0 Å². The molecule has 0 aliphatic rings. The molecule has 5 heteroatoms. The number of nitroso groups, excluding NO2 is 1. The average Bonchev–Trinajstić information content (AvgIpc) is 1.65. The van der Waals surface area contributed by atoms with Crippen molar-refractivity contribution in [1.82, 2.24) is 0 Å². The van der Waals surface area contributed by atoms with Crippen molar-refractivity contribution < 1.29 is 0 Å². The first-order valence-electron chi connectivity index (χ1n) is 1.59. The molecule has 0 saturated carbocycles. The van der Waals surface area contributed by atoms with Crippen LogP contribution in [0, 0.1) is 4.91 Å². The van der Waals surface area contributed by atoms with Crippen LogP contribution in [0.15, 0.2) is 5.18 Å². The van der Waals surface area contributed by atoms with Crippen molar-refractivity contribution in [2.24, 2.45) is 5.18 Å². The van der Waals surface area contributed by atoms with Gasteiger partial charge in [0.25, 0.3) is 0 Å². The maximum absolute atomic E-state index is 9.65. The predicted octanol–water partition coefficient (Wildman–Crippen LogP) is 2.39. The van der Waals surface area contributed by atoms with Gasteiger partial charge < -0.3 is 0 Å². The summed E-state index contributed by atoms with van der Waals surface area (Å²) in [6.07, 6.45) is 0. The summed E-state index contributed by atoms with van der Waals surface area (Å²) in [5, 5.41) is 2.62. The Morgan fingerprint density at radius 2 is 2.43 bits per heavy atom. The van der Waals surface area contributed by atoms with Crippen LogP contribution in [0.3, 0.4) is 0 Å². The number of nitrogens with zero attached hydrogens (tertiary/aromatic N) is 1. The number of rotatable bonds is 1. The van der Waals surface area contributed by atoms with Crippen molar-refractivity contribution in [3.05, 3.63) is 4.91 Å². The third-order valence-electron chi connectivity index (χ3n) is 0.430. The predicted molar refractivity (Wildman–Crippen MR) is 43.6 cm³/mol. The first-order chi connectivity index (χ1) is 3.18. The van der Waals surface area contributed by atoms with Crippen LogP contribution in [0.2, 0.25) is 0 Å². The maximum atomic E-state index is 9.65. The molecule has 0 saturated heterocycles. The van der Waals surface area contributed by atoms with E-state index in [0.717, 1.165) is 0 Å². The Balaban J connectivity index is 3.64. The molecule has 0 rings (SSSR count). The first kappa shape index (κ1) is 8.11. The van der Waals surface area contributed by atoms with E-state index in [0.29, 0.717) is 0 Å². The summed E-state index contributed by atoms with van der Waals surface area (Å²) in [6, 6.07) is 0. The molecule has 1 atom stereocenters. The van der Waals surface area contributed by atoms with Gasteiger partial charge in [0, 0.05) is 0 Å². The van der Waals surface area contributed by atoms with Gasteiger partial charge in [-0.15, -0.1) is 0 Å². The second kappa shape index (κ2) is 4.04. The van der Waals surface area contributed by atoms with Crippen molar-refractivity contribution in [3.63, 3.8) is 0 Å². The third-order valence-corrected chi connectivity index (χ3v) is 4.20. The Labute approximate surface area is 58.4 Å². The monoisotopic (exact) mass is 248 g/mol. The molecule has 42 valence electrons. The molecule has 0 amide bonds. The zero-order chi connectivity index (χ0) is 5.86. The van der Waals surface area contributed by atoms with Gasteiger partial charge in [0.1, 0.15) is 0 Å². The van der Waals surface area contributed by atoms with E-state index in [-0.39, 0.29) is 12.4 Å². The van der Waals surface area contributed by atoms with E-state index in [1.54, 1.807) is 6.92 Å². The van der Waals surface area contributed by atoms with Gasteiger partial charge in [-0.3, -0.25) is 0 Å². The van der Waals surface area contributed by atoms with E-state index >= 15 is 0 Å². The Morgan fingerprint density at radius 1 is 2.00 bits per heavy atom. The first-order valence-corrected chi connectivity index (χ1v) is 6.47. The molecule has 0 aromatic carbocycles. The summed E-state index contributed by atoms with van der Waals surface area (Å²) >= 11 is 2.07. The minimum absolute atomic E-state index is 0.149. The molecule has 0 heterocycles. The Hall–Kier alpha value is 1.11. The topological polar surface area (TPSA) is 29.4 Å². The molecule has 0 aliphatic heterocycles. The summed E-state index contributed by atoms with van der Waals surface area (Å²) in [4.78, 5) is 9.65. The molecule has 0 fully saturated rings. The fourth-order valence-corrected chi connectivity index (χ4v) is 0.501. The summed E-state index contributed by atoms with van der Waals surface area (Å²) in [5.41, 5.74) is 0. The second-order valence-corrected chi connectivity index (χ2v) is 8.29. The van der Waals surface area contributed by atoms with E-state index in [2.05, 4.69) is 34.2 Å². The van der Waals surface area contributed by atoms with Crippen LogP contribution >= 0.6 is 29.0 Å². The van der Waals surface area contributed by atoms with E-state index in [9.17, 15) is 4.91 Å². The molecule has 0 N–H and O–H groups in total. The van der Waals surface area contributed by atoms with E-state index < -0.39 is 0 Å². The van der Waals surface area contributed by atoms with Gasteiger partial charge in [-0.25, -0.2) is 0 Å². The molecular weight excluding hydrogens is 244 g/mol. The van der Waals surface area contributed by atoms with Crippen LogP contribution in [0.1, 0.15) is 6.92 Å². The summed E-state index contributed by atoms with van der Waals surface area (Å²) in [7, 11) is 3.82. The van der Waals surface area contributed by atoms with Crippen LogP contribution < -0.4 is 0 Å². The molecule has 0 radical (unpaired) electrons. The molecule has 0 spiro atoms. The molecule has 0 aromatic heterocycles. The number of hydrogen-bond acceptors (Lipinski definition) is 3. The Bertz CT molecular complexity index is 129. The Morgan fingerprint density at radius 3 is 2.43 bits per heavy atom. The number of halogens is 1. The van der Waals surface area contributed by atoms with Gasteiger partial charge in [-0.2, -0.15) is 0 Å². The molecular formula is C2H4INOPS-. The standard InChI is InChI=1S/C2H4INOPS/c1-2(4-5)7(3)6/h2H,1H3/q-1. The summed E-state index contributed by atoms with van der Waals surface area (Å²) < 4.78 is 0. The van der Waals surface area contributed by atoms with E-state index in [1.165, 1.54) is 0 Å². The van der Waals surface area contributed by atoms with Gasteiger partial charge >= 0.3 is 58.4 Å². The van der Waals surface area contributed by atoms with Gasteiger partial charge in [0.2, 0.25) is 0 Å². The van der Waals surface area contributed by atoms with Gasteiger partial charge in [0.15, 0.2) is 0 Å². The minimum atomic E-state index is -0.175. The SMILES string of the molecule is CC(N=O)[S-](#P)I. The van der Waals surface area contributed by atoms with Crippen molar-refractivity contribution in [2.75, 3.05) is 0 Å². The van der Waals surface area contributed by atoms with Crippen LogP contribution in [0.25, 0.3) is 0 Å². The van der Waals surface area contributed by atoms with Crippen molar-refractivity contribution in [2.45, 2.75) is 12.3 Å². The molecule has 0 aliphatic carbocycles. The van der Waals surface area contributed by atoms with Crippen LogP contribution in [-0.2, 0) is 7.04 Å². The second-order valence-electron chi connectivity index (χ2n) is 0.968. The van der Waals surface area contributed by atoms with Crippen molar-refractivity contribution in [1.29, 1.82) is 0 Å². The van der Waals surface area contributed by atoms with Crippen LogP contribution in [-0.4, -0.2) is 5.37 Å². The quantitative estimate of drug-likeness (QED) is 0.303. The molecule has 0 bridgehead atoms. The zero-order valence-electron chi connectivity index (χ0n) is 3.67. The molecule has 7 heavy (non-hydrogen) atoms. The zero-order valence-corrected chi connectivity index (χ0v) is 7.53. The molecule has 0 aromatic rings. The fourth-order valence-electron chi connectivity index (χ4n) is 0.0355. The van der Waals surface area contributed by atoms with Gasteiger partial charge in [-0.1, -0.05) is 0 Å². The summed E-state index contributed by atoms with van der Waals surface area (Å²) in [5.74, 6) is 0. The van der Waals surface area contributed by atoms with E-state index in [4.69, 9.17) is 0 Å². The van der Waals surface area contributed by atoms with Crippen molar-refractivity contribution in [3.8, 4) is 0 Å². The normalized spacial score (nSPS) is 14.0. The number of hydrogen-bond donors (Lipinski definition) is 0. The summed E-state index contributed by atoms with van der Waals surface area (Å²) in [6.45, 7) is 1.75. The van der Waals surface area contributed by atoms with Crippen molar-refractivity contribution >= 4 is 36.1 Å². The van der Waals surface area contributed by atoms with E-state index in [1.807, 2.05) is 0 Å². The fraction of sp³-hybridized carbons (Fsp3) is 1.00. The Kier molecular flexibility index (Phi) is 4.68. The third kappa shape index (κ3) is 3.67. The molecule has 1 unspecified atom stereocenters. The molecule has 2 nitrogen and oxygen atoms in total.